The van der Waals surface area contributed by atoms with Gasteiger partial charge in [-0.15, -0.1) is 0 Å². The highest BCUT2D eigenvalue weighted by Gasteiger charge is 2.10. The van der Waals surface area contributed by atoms with Crippen LogP contribution in [0.5, 0.6) is 0 Å². The molecule has 4 nitrogen and oxygen atoms in total. The van der Waals surface area contributed by atoms with Crippen LogP contribution in [-0.4, -0.2) is 11.1 Å². The van der Waals surface area contributed by atoms with Crippen molar-refractivity contribution in [3.8, 4) is 0 Å². The number of benzene rings is 2. The van der Waals surface area contributed by atoms with Crippen molar-refractivity contribution in [2.45, 2.75) is 0 Å². The van der Waals surface area contributed by atoms with Gasteiger partial charge in [0, 0.05) is 0 Å². The molecular weight excluding hydrogens is 271 g/mol. The van der Waals surface area contributed by atoms with E-state index in [9.17, 15) is 9.18 Å². The van der Waals surface area contributed by atoms with Gasteiger partial charge in [0.25, 0.3) is 0 Å². The third kappa shape index (κ3) is 2.77. The zero-order valence-electron chi connectivity index (χ0n) is 9.65. The van der Waals surface area contributed by atoms with Crippen LogP contribution >= 0.6 is 11.6 Å². The minimum absolute atomic E-state index is 0.0297. The number of hydrogen-bond donors (Lipinski definition) is 3. The number of nitrogens with two attached hydrogens (primary N) is 1. The Morgan fingerprint density at radius 2 is 2.00 bits per heavy atom. The lowest BCUT2D eigenvalue weighted by Gasteiger charge is -2.11. The second-order valence-corrected chi connectivity index (χ2v) is 4.24. The standard InChI is InChI=1S/C13H10ClFN2O2/c14-8-2-1-3-10(12(8)15)17-11-6-7(13(18)19)4-5-9(11)16/h1-6,17H,16H2,(H,18,19). The van der Waals surface area contributed by atoms with Gasteiger partial charge in [-0.05, 0) is 30.3 Å². The second kappa shape index (κ2) is 5.16. The summed E-state index contributed by atoms with van der Waals surface area (Å²) in [7, 11) is 0. The van der Waals surface area contributed by atoms with Gasteiger partial charge in [0.1, 0.15) is 0 Å². The Balaban J connectivity index is 2.40. The van der Waals surface area contributed by atoms with Crippen molar-refractivity contribution in [1.82, 2.24) is 0 Å². The van der Waals surface area contributed by atoms with E-state index in [2.05, 4.69) is 5.32 Å². The van der Waals surface area contributed by atoms with E-state index in [1.807, 2.05) is 0 Å². The number of nitrogens with one attached hydrogen (secondary N) is 1. The number of rotatable bonds is 3. The molecule has 0 heterocycles. The van der Waals surface area contributed by atoms with Crippen LogP contribution in [0.15, 0.2) is 36.4 Å². The Morgan fingerprint density at radius 3 is 2.68 bits per heavy atom. The van der Waals surface area contributed by atoms with E-state index in [1.54, 1.807) is 6.07 Å². The zero-order chi connectivity index (χ0) is 14.0. The molecule has 2 aromatic rings. The lowest BCUT2D eigenvalue weighted by atomic mass is 10.1. The first-order valence-corrected chi connectivity index (χ1v) is 5.70. The maximum Gasteiger partial charge on any atom is 0.335 e. The van der Waals surface area contributed by atoms with E-state index in [4.69, 9.17) is 22.4 Å². The molecule has 0 aliphatic rings. The van der Waals surface area contributed by atoms with Crippen molar-refractivity contribution in [2.75, 3.05) is 11.1 Å². The number of carboxylic acid groups (broad SMARTS) is 1. The summed E-state index contributed by atoms with van der Waals surface area (Å²) in [4.78, 5) is 10.9. The molecule has 0 spiro atoms. The van der Waals surface area contributed by atoms with Crippen molar-refractivity contribution in [3.63, 3.8) is 0 Å². The number of halogens is 2. The van der Waals surface area contributed by atoms with Gasteiger partial charge in [0.05, 0.1) is 27.6 Å². The molecule has 2 aromatic carbocycles. The molecule has 19 heavy (non-hydrogen) atoms. The average Bonchev–Trinajstić information content (AvgIpc) is 2.37. The smallest absolute Gasteiger partial charge is 0.335 e. The lowest BCUT2D eigenvalue weighted by molar-refractivity contribution is 0.0697. The van der Waals surface area contributed by atoms with Crippen LogP contribution in [0.25, 0.3) is 0 Å². The number of carbonyl (C=O) groups is 1. The summed E-state index contributed by atoms with van der Waals surface area (Å²) in [6.45, 7) is 0. The number of aromatic carboxylic acids is 1. The van der Waals surface area contributed by atoms with E-state index >= 15 is 0 Å². The van der Waals surface area contributed by atoms with Crippen LogP contribution in [0.3, 0.4) is 0 Å². The van der Waals surface area contributed by atoms with Crippen molar-refractivity contribution >= 4 is 34.6 Å². The highest BCUT2D eigenvalue weighted by molar-refractivity contribution is 6.31. The lowest BCUT2D eigenvalue weighted by Crippen LogP contribution is -2.02. The minimum Gasteiger partial charge on any atom is -0.478 e. The average molecular weight is 281 g/mol. The van der Waals surface area contributed by atoms with Crippen LogP contribution in [-0.2, 0) is 0 Å². The summed E-state index contributed by atoms with van der Waals surface area (Å²) in [5, 5.41) is 11.6. The molecule has 0 saturated carbocycles. The van der Waals surface area contributed by atoms with Crippen molar-refractivity contribution in [1.29, 1.82) is 0 Å². The van der Waals surface area contributed by atoms with Crippen molar-refractivity contribution in [3.05, 3.63) is 52.8 Å². The second-order valence-electron chi connectivity index (χ2n) is 3.83. The van der Waals surface area contributed by atoms with Crippen LogP contribution < -0.4 is 11.1 Å². The Labute approximate surface area is 113 Å². The summed E-state index contributed by atoms with van der Waals surface area (Å²) in [6.07, 6.45) is 0. The summed E-state index contributed by atoms with van der Waals surface area (Å²) < 4.78 is 13.7. The van der Waals surface area contributed by atoms with E-state index in [0.29, 0.717) is 11.4 Å². The molecule has 0 amide bonds. The molecule has 2 rings (SSSR count). The minimum atomic E-state index is -1.09. The number of carboxylic acids is 1. The van der Waals surface area contributed by atoms with Gasteiger partial charge in [-0.3, -0.25) is 0 Å². The topological polar surface area (TPSA) is 75.4 Å². The molecule has 0 aliphatic carbocycles. The molecule has 0 radical (unpaired) electrons. The summed E-state index contributed by atoms with van der Waals surface area (Å²) in [5.41, 5.74) is 6.51. The third-order valence-electron chi connectivity index (χ3n) is 2.52. The van der Waals surface area contributed by atoms with Gasteiger partial charge < -0.3 is 16.2 Å². The summed E-state index contributed by atoms with van der Waals surface area (Å²) in [6, 6.07) is 8.61. The van der Waals surface area contributed by atoms with Crippen LogP contribution in [0.2, 0.25) is 5.02 Å². The Hall–Kier alpha value is -2.27. The fourth-order valence-electron chi connectivity index (χ4n) is 1.54. The molecule has 0 saturated heterocycles. The monoisotopic (exact) mass is 280 g/mol. The fraction of sp³-hybridized carbons (Fsp3) is 0. The predicted octanol–water partition coefficient (Wildman–Crippen LogP) is 3.50. The largest absolute Gasteiger partial charge is 0.478 e. The quantitative estimate of drug-likeness (QED) is 0.752. The molecule has 0 aromatic heterocycles. The van der Waals surface area contributed by atoms with E-state index in [-0.39, 0.29) is 16.3 Å². The van der Waals surface area contributed by atoms with Crippen LogP contribution in [0.4, 0.5) is 21.5 Å². The Bertz CT molecular complexity index is 647. The molecule has 6 heteroatoms. The van der Waals surface area contributed by atoms with Gasteiger partial charge in [0.15, 0.2) is 5.82 Å². The first-order valence-electron chi connectivity index (χ1n) is 5.33. The van der Waals surface area contributed by atoms with E-state index in [0.717, 1.165) is 0 Å². The van der Waals surface area contributed by atoms with Gasteiger partial charge in [-0.1, -0.05) is 17.7 Å². The highest BCUT2D eigenvalue weighted by Crippen LogP contribution is 2.28. The molecule has 0 atom stereocenters. The Morgan fingerprint density at radius 1 is 1.26 bits per heavy atom. The number of hydrogen-bond acceptors (Lipinski definition) is 3. The van der Waals surface area contributed by atoms with Crippen LogP contribution in [0.1, 0.15) is 10.4 Å². The summed E-state index contributed by atoms with van der Waals surface area (Å²) >= 11 is 5.66. The van der Waals surface area contributed by atoms with Gasteiger partial charge in [0.2, 0.25) is 0 Å². The first kappa shape index (κ1) is 13.2. The zero-order valence-corrected chi connectivity index (χ0v) is 10.4. The summed E-state index contributed by atoms with van der Waals surface area (Å²) in [5.74, 6) is -1.71. The van der Waals surface area contributed by atoms with Crippen LogP contribution in [0, 0.1) is 5.82 Å². The fourth-order valence-corrected chi connectivity index (χ4v) is 1.72. The SMILES string of the molecule is Nc1ccc(C(=O)O)cc1Nc1cccc(Cl)c1F. The molecular formula is C13H10ClFN2O2. The maximum absolute atomic E-state index is 13.7. The van der Waals surface area contributed by atoms with E-state index < -0.39 is 11.8 Å². The third-order valence-corrected chi connectivity index (χ3v) is 2.81. The maximum atomic E-state index is 13.7. The number of anilines is 3. The normalized spacial score (nSPS) is 10.2. The molecule has 98 valence electrons. The molecule has 0 unspecified atom stereocenters. The van der Waals surface area contributed by atoms with Crippen molar-refractivity contribution < 1.29 is 14.3 Å². The van der Waals surface area contributed by atoms with Gasteiger partial charge in [-0.2, -0.15) is 0 Å². The molecule has 0 bridgehead atoms. The number of nitrogen functional groups attached to an aromatic ring is 1. The molecule has 4 N–H and O–H groups in total. The highest BCUT2D eigenvalue weighted by atomic mass is 35.5. The Kier molecular flexibility index (Phi) is 3.57. The van der Waals surface area contributed by atoms with Crippen molar-refractivity contribution in [2.24, 2.45) is 0 Å². The molecule has 0 aliphatic heterocycles. The first-order chi connectivity index (χ1) is 8.99. The van der Waals surface area contributed by atoms with E-state index in [1.165, 1.54) is 30.3 Å². The van der Waals surface area contributed by atoms with Gasteiger partial charge in [-0.25, -0.2) is 9.18 Å². The predicted molar refractivity (Wildman–Crippen MR) is 72.5 cm³/mol. The van der Waals surface area contributed by atoms with Gasteiger partial charge >= 0.3 is 5.97 Å². The molecule has 0 fully saturated rings.